The van der Waals surface area contributed by atoms with Gasteiger partial charge in [0.15, 0.2) is 0 Å². The SMILES string of the molecule is COCc1cc(Cl)ccc1N=C=C(c1ccccc1)c1ccccc1. The quantitative estimate of drug-likeness (QED) is 0.525. The Kier molecular flexibility index (Phi) is 5.81. The van der Waals surface area contributed by atoms with Crippen molar-refractivity contribution in [1.82, 2.24) is 0 Å². The molecule has 0 saturated heterocycles. The number of methoxy groups -OCH3 is 1. The molecular formula is C22H18ClNO. The van der Waals surface area contributed by atoms with Crippen LogP contribution in [0.1, 0.15) is 16.7 Å². The second-order valence-corrected chi connectivity index (χ2v) is 5.97. The Morgan fingerprint density at radius 1 is 0.920 bits per heavy atom. The van der Waals surface area contributed by atoms with Crippen LogP contribution in [0, 0.1) is 0 Å². The number of nitrogens with zero attached hydrogens (tertiary/aromatic N) is 1. The molecule has 0 bridgehead atoms. The first kappa shape index (κ1) is 17.2. The van der Waals surface area contributed by atoms with Gasteiger partial charge in [0.05, 0.1) is 17.9 Å². The molecule has 0 aromatic heterocycles. The van der Waals surface area contributed by atoms with Crippen LogP contribution in [0.15, 0.2) is 83.9 Å². The third-order valence-electron chi connectivity index (χ3n) is 3.75. The lowest BCUT2D eigenvalue weighted by Crippen LogP contribution is -1.90. The van der Waals surface area contributed by atoms with Gasteiger partial charge in [-0.3, -0.25) is 0 Å². The van der Waals surface area contributed by atoms with Crippen LogP contribution in [0.4, 0.5) is 5.69 Å². The number of aliphatic imine (C=N–C) groups is 1. The van der Waals surface area contributed by atoms with Gasteiger partial charge in [-0.05, 0) is 35.2 Å². The topological polar surface area (TPSA) is 21.6 Å². The van der Waals surface area contributed by atoms with E-state index in [4.69, 9.17) is 16.3 Å². The van der Waals surface area contributed by atoms with Gasteiger partial charge >= 0.3 is 0 Å². The molecule has 0 unspecified atom stereocenters. The van der Waals surface area contributed by atoms with Crippen molar-refractivity contribution < 1.29 is 4.74 Å². The minimum atomic E-state index is 0.451. The van der Waals surface area contributed by atoms with E-state index < -0.39 is 0 Å². The predicted molar refractivity (Wildman–Crippen MR) is 105 cm³/mol. The molecule has 0 spiro atoms. The van der Waals surface area contributed by atoms with E-state index in [1.807, 2.05) is 54.6 Å². The Bertz CT molecular complexity index is 856. The average molecular weight is 348 g/mol. The summed E-state index contributed by atoms with van der Waals surface area (Å²) >= 11 is 6.08. The molecule has 0 atom stereocenters. The first-order chi connectivity index (χ1) is 12.3. The Morgan fingerprint density at radius 3 is 2.08 bits per heavy atom. The summed E-state index contributed by atoms with van der Waals surface area (Å²) in [4.78, 5) is 4.59. The first-order valence-electron chi connectivity index (χ1n) is 8.00. The second kappa shape index (κ2) is 8.46. The normalized spacial score (nSPS) is 10.2. The third-order valence-corrected chi connectivity index (χ3v) is 3.99. The third kappa shape index (κ3) is 4.46. The van der Waals surface area contributed by atoms with Crippen molar-refractivity contribution in [2.24, 2.45) is 4.99 Å². The Hall–Kier alpha value is -2.64. The average Bonchev–Trinajstić information content (AvgIpc) is 2.65. The van der Waals surface area contributed by atoms with Crippen molar-refractivity contribution in [1.29, 1.82) is 0 Å². The molecule has 0 amide bonds. The zero-order valence-corrected chi connectivity index (χ0v) is 14.7. The number of benzene rings is 3. The second-order valence-electron chi connectivity index (χ2n) is 5.54. The number of rotatable bonds is 5. The highest BCUT2D eigenvalue weighted by Gasteiger charge is 2.05. The van der Waals surface area contributed by atoms with Crippen molar-refractivity contribution in [2.75, 3.05) is 7.11 Å². The van der Waals surface area contributed by atoms with E-state index in [1.54, 1.807) is 7.11 Å². The lowest BCUT2D eigenvalue weighted by molar-refractivity contribution is 0.185. The lowest BCUT2D eigenvalue weighted by atomic mass is 9.99. The summed E-state index contributed by atoms with van der Waals surface area (Å²) in [6.07, 6.45) is 0. The maximum Gasteiger partial charge on any atom is 0.0786 e. The zero-order valence-electron chi connectivity index (χ0n) is 13.9. The highest BCUT2D eigenvalue weighted by molar-refractivity contribution is 6.30. The molecule has 0 radical (unpaired) electrons. The molecule has 3 aromatic carbocycles. The summed E-state index contributed by atoms with van der Waals surface area (Å²) < 4.78 is 5.25. The lowest BCUT2D eigenvalue weighted by Gasteiger charge is -2.06. The zero-order chi connectivity index (χ0) is 17.5. The summed E-state index contributed by atoms with van der Waals surface area (Å²) in [6.45, 7) is 0.451. The van der Waals surface area contributed by atoms with Crippen molar-refractivity contribution in [3.05, 3.63) is 101 Å². The molecule has 2 nitrogen and oxygen atoms in total. The van der Waals surface area contributed by atoms with E-state index >= 15 is 0 Å². The van der Waals surface area contributed by atoms with E-state index in [1.165, 1.54) is 0 Å². The molecule has 124 valence electrons. The fraction of sp³-hybridized carbons (Fsp3) is 0.0909. The van der Waals surface area contributed by atoms with Gasteiger partial charge in [-0.2, -0.15) is 0 Å². The summed E-state index contributed by atoms with van der Waals surface area (Å²) in [5.41, 5.74) is 4.82. The van der Waals surface area contributed by atoms with E-state index in [-0.39, 0.29) is 0 Å². The number of hydrogen-bond donors (Lipinski definition) is 0. The van der Waals surface area contributed by atoms with Gasteiger partial charge in [0.25, 0.3) is 0 Å². The van der Waals surface area contributed by atoms with Gasteiger partial charge in [-0.25, -0.2) is 4.99 Å². The molecule has 0 fully saturated rings. The molecule has 0 aliphatic carbocycles. The Balaban J connectivity index is 2.12. The van der Waals surface area contributed by atoms with Crippen LogP contribution in [0.5, 0.6) is 0 Å². The number of halogens is 1. The van der Waals surface area contributed by atoms with Crippen LogP contribution in [0.25, 0.3) is 5.57 Å². The fourth-order valence-corrected chi connectivity index (χ4v) is 2.75. The molecular weight excluding hydrogens is 330 g/mol. The van der Waals surface area contributed by atoms with Crippen LogP contribution in [-0.2, 0) is 11.3 Å². The van der Waals surface area contributed by atoms with Crippen LogP contribution in [-0.4, -0.2) is 13.0 Å². The number of ether oxygens (including phenoxy) is 1. The Morgan fingerprint density at radius 2 is 1.52 bits per heavy atom. The van der Waals surface area contributed by atoms with Crippen LogP contribution in [0.3, 0.4) is 0 Å². The van der Waals surface area contributed by atoms with Crippen LogP contribution in [0.2, 0.25) is 5.02 Å². The summed E-state index contributed by atoms with van der Waals surface area (Å²) in [5, 5.41) is 0.668. The van der Waals surface area contributed by atoms with Crippen LogP contribution < -0.4 is 0 Å². The standard InChI is InChI=1S/C22H18ClNO/c1-25-16-19-14-20(23)12-13-22(19)24-15-21(17-8-4-2-5-9-17)18-10-6-3-7-11-18/h2-14H,16H2,1H3. The van der Waals surface area contributed by atoms with Crippen molar-refractivity contribution in [3.63, 3.8) is 0 Å². The summed E-state index contributed by atoms with van der Waals surface area (Å²) in [5.74, 6) is 3.23. The highest BCUT2D eigenvalue weighted by atomic mass is 35.5. The van der Waals surface area contributed by atoms with Gasteiger partial charge in [0.1, 0.15) is 0 Å². The molecule has 3 rings (SSSR count). The van der Waals surface area contributed by atoms with Crippen molar-refractivity contribution >= 4 is 28.7 Å². The van der Waals surface area contributed by atoms with Crippen LogP contribution >= 0.6 is 11.6 Å². The summed E-state index contributed by atoms with van der Waals surface area (Å²) in [7, 11) is 1.66. The van der Waals surface area contributed by atoms with E-state index in [2.05, 4.69) is 35.1 Å². The number of hydrogen-bond acceptors (Lipinski definition) is 2. The minimum Gasteiger partial charge on any atom is -0.380 e. The van der Waals surface area contributed by atoms with Gasteiger partial charge in [0, 0.05) is 17.7 Å². The maximum absolute atomic E-state index is 6.08. The minimum absolute atomic E-state index is 0.451. The Labute approximate surface area is 153 Å². The molecule has 0 N–H and O–H groups in total. The fourth-order valence-electron chi connectivity index (χ4n) is 2.56. The highest BCUT2D eigenvalue weighted by Crippen LogP contribution is 2.25. The molecule has 0 aliphatic rings. The molecule has 3 heteroatoms. The van der Waals surface area contributed by atoms with Gasteiger partial charge in [0.2, 0.25) is 0 Å². The monoisotopic (exact) mass is 347 g/mol. The first-order valence-corrected chi connectivity index (χ1v) is 8.37. The maximum atomic E-state index is 6.08. The van der Waals surface area contributed by atoms with E-state index in [0.29, 0.717) is 11.6 Å². The largest absolute Gasteiger partial charge is 0.380 e. The van der Waals surface area contributed by atoms with Crippen molar-refractivity contribution in [3.8, 4) is 0 Å². The molecule has 0 heterocycles. The molecule has 0 aliphatic heterocycles. The van der Waals surface area contributed by atoms with Gasteiger partial charge in [-0.1, -0.05) is 72.3 Å². The van der Waals surface area contributed by atoms with Gasteiger partial charge < -0.3 is 4.74 Å². The van der Waals surface area contributed by atoms with Crippen molar-refractivity contribution in [2.45, 2.75) is 6.61 Å². The van der Waals surface area contributed by atoms with Gasteiger partial charge in [-0.15, -0.1) is 0 Å². The van der Waals surface area contributed by atoms with E-state index in [0.717, 1.165) is 28.0 Å². The summed E-state index contributed by atoms with van der Waals surface area (Å²) in [6, 6.07) is 25.9. The molecule has 25 heavy (non-hydrogen) atoms. The smallest absolute Gasteiger partial charge is 0.0786 e. The molecule has 0 saturated carbocycles. The predicted octanol–water partition coefficient (Wildman–Crippen LogP) is 5.92. The molecule has 3 aromatic rings. The van der Waals surface area contributed by atoms with E-state index in [9.17, 15) is 0 Å².